The number of esters is 4. The lowest BCUT2D eigenvalue weighted by Gasteiger charge is -2.68. The van der Waals surface area contributed by atoms with Crippen molar-refractivity contribution in [1.82, 2.24) is 5.32 Å². The van der Waals surface area contributed by atoms with Crippen LogP contribution in [0.15, 0.2) is 65.3 Å². The Bertz CT molecular complexity index is 2620. The van der Waals surface area contributed by atoms with Crippen molar-refractivity contribution in [3.05, 3.63) is 70.8 Å². The van der Waals surface area contributed by atoms with Gasteiger partial charge in [-0.15, -0.1) is 0 Å². The summed E-state index contributed by atoms with van der Waals surface area (Å²) in [5, 5.41) is 2.90. The highest BCUT2D eigenvalue weighted by atomic mass is 28.4. The van der Waals surface area contributed by atoms with Crippen molar-refractivity contribution in [2.45, 2.75) is 245 Å². The number of ketones is 1. The average molecular weight is 1170 g/mol. The van der Waals surface area contributed by atoms with Crippen molar-refractivity contribution in [3.8, 4) is 0 Å². The molecule has 2 heterocycles. The highest BCUT2D eigenvalue weighted by Crippen LogP contribution is 2.67. The predicted molar refractivity (Wildman–Crippen MR) is 307 cm³/mol. The van der Waals surface area contributed by atoms with Gasteiger partial charge in [-0.05, 0) is 113 Å². The van der Waals surface area contributed by atoms with E-state index in [1.165, 1.54) is 19.1 Å². The third kappa shape index (κ3) is 11.6. The summed E-state index contributed by atoms with van der Waals surface area (Å²) in [6.45, 7) is 36.3. The molecule has 1 N–H and O–H groups in total. The van der Waals surface area contributed by atoms with E-state index in [0.717, 1.165) is 0 Å². The van der Waals surface area contributed by atoms with Gasteiger partial charge in [0.05, 0.1) is 35.6 Å². The minimum atomic E-state index is -3.12. The van der Waals surface area contributed by atoms with Gasteiger partial charge in [0, 0.05) is 24.8 Å². The summed E-state index contributed by atoms with van der Waals surface area (Å²) in [6.07, 6.45) is -8.45. The number of alkyl carbamates (subject to hydrolysis) is 1. The van der Waals surface area contributed by atoms with Gasteiger partial charge in [-0.1, -0.05) is 112 Å². The molecule has 18 nitrogen and oxygen atoms in total. The van der Waals surface area contributed by atoms with Crippen molar-refractivity contribution in [2.24, 2.45) is 16.7 Å². The molecule has 2 saturated carbocycles. The molecular weight excluding hydrogens is 1070 g/mol. The van der Waals surface area contributed by atoms with Crippen LogP contribution in [-0.4, -0.2) is 131 Å². The molecule has 1 aromatic rings. The lowest BCUT2D eigenvalue weighted by Crippen LogP contribution is -2.83. The Morgan fingerprint density at radius 2 is 1.46 bits per heavy atom. The second kappa shape index (κ2) is 24.2. The smallest absolute Gasteiger partial charge is 0.454 e. The van der Waals surface area contributed by atoms with E-state index in [-0.39, 0.29) is 46.4 Å². The van der Waals surface area contributed by atoms with E-state index >= 15 is 14.4 Å². The van der Waals surface area contributed by atoms with Crippen LogP contribution in [0.3, 0.4) is 0 Å². The zero-order valence-electron chi connectivity index (χ0n) is 51.5. The number of fused-ring (bicyclic) bond motifs is 4. The number of benzene rings is 1. The number of hydrogen-bond donors (Lipinski definition) is 1. The summed E-state index contributed by atoms with van der Waals surface area (Å²) in [5.74, 6) is -5.77. The van der Waals surface area contributed by atoms with Crippen molar-refractivity contribution in [1.29, 1.82) is 0 Å². The van der Waals surface area contributed by atoms with Crippen molar-refractivity contribution in [3.63, 3.8) is 0 Å². The van der Waals surface area contributed by atoms with Gasteiger partial charge < -0.3 is 52.1 Å². The van der Waals surface area contributed by atoms with Crippen LogP contribution in [-0.2, 0) is 65.9 Å². The number of allylic oxidation sites excluding steroid dienone is 2. The molecular formula is C61H91NO17Si2. The van der Waals surface area contributed by atoms with Crippen LogP contribution in [0.5, 0.6) is 0 Å². The summed E-state index contributed by atoms with van der Waals surface area (Å²) in [6, 6.07) is 8.86. The fraction of sp³-hybridized carbons (Fsp3) is 0.689. The van der Waals surface area contributed by atoms with Crippen LogP contribution in [0.25, 0.3) is 0 Å². The molecule has 2 unspecified atom stereocenters. The SMILES string of the molecule is C/C=C/C(=O)O[C@H]1C(=O)[C@@]2(C)C(C(OC(=O)c3ccccc3)[C@]34OC(=O)O[C@H]3[C@H](OC(=O)[C@H](O[Si](C(C)C)(C(C)C)C(C)C)[C@H](C=C(C)C)NC(=O)OC(C)(C)C)C(C)=C1C4(C)C)[C@]1(OC(C)=O)CO[C@@H]1C[C@@H]2O[Si](CC)(CC)CC. The van der Waals surface area contributed by atoms with Gasteiger partial charge in [-0.2, -0.15) is 0 Å². The molecule has 0 aromatic heterocycles. The summed E-state index contributed by atoms with van der Waals surface area (Å²) in [5.41, 5.74) is -8.00. The van der Waals surface area contributed by atoms with E-state index < -0.39 is 141 Å². The first-order valence-electron chi connectivity index (χ1n) is 28.9. The van der Waals surface area contributed by atoms with Crippen molar-refractivity contribution < 1.29 is 80.3 Å². The van der Waals surface area contributed by atoms with Gasteiger partial charge in [-0.3, -0.25) is 9.59 Å². The highest BCUT2D eigenvalue weighted by Gasteiger charge is 2.84. The van der Waals surface area contributed by atoms with Gasteiger partial charge in [-0.25, -0.2) is 24.0 Å². The summed E-state index contributed by atoms with van der Waals surface area (Å²) >= 11 is 0. The van der Waals surface area contributed by atoms with Crippen LogP contribution in [0.1, 0.15) is 155 Å². The number of nitrogens with one attached hydrogen (secondary N) is 1. The lowest BCUT2D eigenvalue weighted by atomic mass is 9.44. The maximum absolute atomic E-state index is 17.0. The Balaban J connectivity index is 1.76. The number of rotatable bonds is 20. The third-order valence-corrected chi connectivity index (χ3v) is 29.0. The molecule has 12 atom stereocenters. The van der Waals surface area contributed by atoms with E-state index in [0.29, 0.717) is 23.7 Å². The third-order valence-electron chi connectivity index (χ3n) is 18.2. The predicted octanol–water partition coefficient (Wildman–Crippen LogP) is 11.4. The maximum Gasteiger partial charge on any atom is 0.509 e. The molecule has 6 rings (SSSR count). The first kappa shape index (κ1) is 65.0. The van der Waals surface area contributed by atoms with Crippen molar-refractivity contribution in [2.75, 3.05) is 6.61 Å². The zero-order valence-corrected chi connectivity index (χ0v) is 53.5. The number of amides is 1. The molecule has 3 aliphatic carbocycles. The molecule has 1 spiro atoms. The zero-order chi connectivity index (χ0) is 60.7. The number of carbonyl (C=O) groups excluding carboxylic acids is 7. The monoisotopic (exact) mass is 1170 g/mol. The fourth-order valence-corrected chi connectivity index (χ4v) is 22.9. The molecule has 1 amide bonds. The van der Waals surface area contributed by atoms with Gasteiger partial charge in [0.25, 0.3) is 0 Å². The number of hydrogen-bond acceptors (Lipinski definition) is 17. The maximum atomic E-state index is 17.0. The van der Waals surface area contributed by atoms with Crippen LogP contribution in [0.4, 0.5) is 9.59 Å². The second-order valence-electron chi connectivity index (χ2n) is 25.6. The molecule has 1 aromatic carbocycles. The van der Waals surface area contributed by atoms with Crippen LogP contribution < -0.4 is 5.32 Å². The molecule has 2 bridgehead atoms. The van der Waals surface area contributed by atoms with Crippen LogP contribution in [0, 0.1) is 16.7 Å². The van der Waals surface area contributed by atoms with Crippen molar-refractivity contribution >= 4 is 58.5 Å². The Morgan fingerprint density at radius 3 is 1.95 bits per heavy atom. The van der Waals surface area contributed by atoms with Gasteiger partial charge in [0.1, 0.15) is 11.7 Å². The average Bonchev–Trinajstić information content (AvgIpc) is 2.79. The van der Waals surface area contributed by atoms with Crippen LogP contribution in [0.2, 0.25) is 34.8 Å². The molecule has 0 radical (unpaired) electrons. The Morgan fingerprint density at radius 1 is 0.864 bits per heavy atom. The quantitative estimate of drug-likeness (QED) is 0.0421. The molecule has 2 saturated heterocycles. The number of Topliss-reactive ketones (excluding diaryl/α,β-unsaturated/α-hetero) is 1. The van der Waals surface area contributed by atoms with Gasteiger partial charge >= 0.3 is 36.1 Å². The largest absolute Gasteiger partial charge is 0.509 e. The van der Waals surface area contributed by atoms with Gasteiger partial charge in [0.15, 0.2) is 50.2 Å². The first-order valence-corrected chi connectivity index (χ1v) is 33.6. The van der Waals surface area contributed by atoms with E-state index in [1.54, 1.807) is 91.8 Å². The normalized spacial score (nSPS) is 29.6. The molecule has 81 heavy (non-hydrogen) atoms. The molecule has 5 aliphatic rings. The minimum absolute atomic E-state index is 0.0313. The van der Waals surface area contributed by atoms with E-state index in [1.807, 2.05) is 76.2 Å². The Labute approximate surface area is 481 Å². The van der Waals surface area contributed by atoms with E-state index in [4.69, 9.17) is 46.7 Å². The van der Waals surface area contributed by atoms with E-state index in [9.17, 15) is 19.2 Å². The Hall–Kier alpha value is -5.16. The first-order chi connectivity index (χ1) is 37.6. The molecule has 20 heteroatoms. The number of ether oxygens (including phenoxy) is 8. The van der Waals surface area contributed by atoms with Crippen LogP contribution >= 0.6 is 0 Å². The number of carbonyl (C=O) groups is 7. The summed E-state index contributed by atoms with van der Waals surface area (Å²) in [4.78, 5) is 105. The Kier molecular flexibility index (Phi) is 19.4. The minimum Gasteiger partial charge on any atom is -0.454 e. The second-order valence-corrected chi connectivity index (χ2v) is 35.7. The van der Waals surface area contributed by atoms with E-state index in [2.05, 4.69) is 5.32 Å². The standard InChI is InChI=1S/C61H91NO17Si2/c1-21-28-44(64)71-48-45-38(13)46(72-54(67)47(79-81(35(7)8,36(9)10)37(11)12)41(31-34(5)6)62-55(68)76-57(15,16)17)51-61(58(45,18)19,77-56(69)74-51)52(73-53(66)40-29-26-25-27-30-40)49-59(20,50(48)65)42(78-80(22-2,23-3)24-4)32-43-60(49,33-70-43)75-39(14)63/h21,25-31,35-37,41-43,46-49,51-52H,22-24,32-33H2,1-20H3,(H,62,68)/b28-21+/t41-,42-,43+,46+,47+,48+,49?,51-,52?,59+,60-,61+/m0/s1. The molecule has 450 valence electrons. The molecule has 2 aliphatic heterocycles. The fourth-order valence-electron chi connectivity index (χ4n) is 14.5. The topological polar surface area (TPSA) is 224 Å². The lowest BCUT2D eigenvalue weighted by molar-refractivity contribution is -0.344. The van der Waals surface area contributed by atoms with Gasteiger partial charge in [0.2, 0.25) is 13.9 Å². The summed E-state index contributed by atoms with van der Waals surface area (Å²) < 4.78 is 67.0. The summed E-state index contributed by atoms with van der Waals surface area (Å²) in [7, 11) is -5.86. The highest BCUT2D eigenvalue weighted by molar-refractivity contribution is 6.77. The molecule has 4 fully saturated rings.